The van der Waals surface area contributed by atoms with E-state index >= 15 is 0 Å². The maximum Gasteiger partial charge on any atom is 0.304 e. The van der Waals surface area contributed by atoms with Crippen molar-refractivity contribution in [2.24, 2.45) is 17.3 Å². The number of hydrogen-bond donors (Lipinski definition) is 1. The molecule has 2 aliphatic carbocycles. The molecule has 2 fully saturated rings. The minimum Gasteiger partial charge on any atom is -0.481 e. The van der Waals surface area contributed by atoms with Crippen LogP contribution in [0.15, 0.2) is 0 Å². The van der Waals surface area contributed by atoms with Gasteiger partial charge in [0.05, 0.1) is 6.42 Å². The van der Waals surface area contributed by atoms with Crippen LogP contribution in [-0.4, -0.2) is 28.7 Å². The highest BCUT2D eigenvalue weighted by Gasteiger charge is 2.61. The molecule has 0 amide bonds. The predicted octanol–water partition coefficient (Wildman–Crippen LogP) is 1.49. The standard InChI is InChI=1S/C10H14FNO4/c11-7-1-6-3-10(4-9(13)14,5-12(15)16)8(6)2-7/h6-8H,1-5H2,(H,13,14)/t6-,7+,8-,10-/m1/s1. The van der Waals surface area contributed by atoms with Crippen molar-refractivity contribution in [1.82, 2.24) is 0 Å². The molecule has 0 aromatic rings. The molecule has 16 heavy (non-hydrogen) atoms. The number of nitro groups is 1. The maximum atomic E-state index is 13.2. The third-order valence-electron chi connectivity index (χ3n) is 4.04. The Hall–Kier alpha value is -1.20. The number of alkyl halides is 1. The van der Waals surface area contributed by atoms with Gasteiger partial charge in [-0.15, -0.1) is 0 Å². The van der Waals surface area contributed by atoms with E-state index in [2.05, 4.69) is 0 Å². The topological polar surface area (TPSA) is 80.4 Å². The highest BCUT2D eigenvalue weighted by atomic mass is 19.1. The summed E-state index contributed by atoms with van der Waals surface area (Å²) in [5, 5.41) is 19.4. The van der Waals surface area contributed by atoms with Gasteiger partial charge < -0.3 is 5.11 Å². The van der Waals surface area contributed by atoms with E-state index in [1.807, 2.05) is 0 Å². The van der Waals surface area contributed by atoms with Crippen molar-refractivity contribution in [2.45, 2.75) is 31.9 Å². The third kappa shape index (κ3) is 1.76. The molecule has 0 saturated heterocycles. The van der Waals surface area contributed by atoms with E-state index in [0.29, 0.717) is 19.3 Å². The lowest BCUT2D eigenvalue weighted by Crippen LogP contribution is -2.50. The first-order valence-electron chi connectivity index (χ1n) is 5.40. The lowest BCUT2D eigenvalue weighted by atomic mass is 9.53. The van der Waals surface area contributed by atoms with Gasteiger partial charge >= 0.3 is 5.97 Å². The molecule has 6 heteroatoms. The fraction of sp³-hybridized carbons (Fsp3) is 0.900. The number of nitrogens with zero attached hydrogens (tertiary/aromatic N) is 1. The van der Waals surface area contributed by atoms with E-state index < -0.39 is 22.5 Å². The molecule has 0 unspecified atom stereocenters. The lowest BCUT2D eigenvalue weighted by molar-refractivity contribution is -0.506. The van der Waals surface area contributed by atoms with Crippen molar-refractivity contribution in [3.05, 3.63) is 10.1 Å². The number of aliphatic carboxylic acids is 1. The van der Waals surface area contributed by atoms with Crippen LogP contribution in [0.1, 0.15) is 25.7 Å². The van der Waals surface area contributed by atoms with Crippen molar-refractivity contribution >= 4 is 5.97 Å². The summed E-state index contributed by atoms with van der Waals surface area (Å²) < 4.78 is 13.2. The van der Waals surface area contributed by atoms with Gasteiger partial charge in [-0.2, -0.15) is 0 Å². The molecule has 0 bridgehead atoms. The summed E-state index contributed by atoms with van der Waals surface area (Å²) in [6.07, 6.45) is 0.125. The second-order valence-corrected chi connectivity index (χ2v) is 5.06. The fourth-order valence-corrected chi connectivity index (χ4v) is 3.54. The van der Waals surface area contributed by atoms with E-state index in [1.54, 1.807) is 0 Å². The normalized spacial score (nSPS) is 41.2. The second kappa shape index (κ2) is 3.68. The Labute approximate surface area is 91.8 Å². The van der Waals surface area contributed by atoms with Gasteiger partial charge in [-0.25, -0.2) is 4.39 Å². The Morgan fingerprint density at radius 2 is 2.25 bits per heavy atom. The molecule has 5 nitrogen and oxygen atoms in total. The van der Waals surface area contributed by atoms with Gasteiger partial charge in [0.15, 0.2) is 0 Å². The molecule has 0 aliphatic heterocycles. The molecule has 0 spiro atoms. The highest BCUT2D eigenvalue weighted by molar-refractivity contribution is 5.68. The number of carboxylic acids is 1. The van der Waals surface area contributed by atoms with Gasteiger partial charge in [-0.1, -0.05) is 0 Å². The van der Waals surface area contributed by atoms with Crippen LogP contribution < -0.4 is 0 Å². The molecule has 4 atom stereocenters. The Bertz CT molecular complexity index is 317. The number of rotatable bonds is 4. The van der Waals surface area contributed by atoms with Crippen molar-refractivity contribution < 1.29 is 19.2 Å². The van der Waals surface area contributed by atoms with Crippen molar-refractivity contribution in [3.8, 4) is 0 Å². The summed E-state index contributed by atoms with van der Waals surface area (Å²) in [7, 11) is 0. The molecule has 0 aromatic carbocycles. The van der Waals surface area contributed by atoms with Gasteiger partial charge in [-0.05, 0) is 31.1 Å². The molecule has 2 saturated carbocycles. The summed E-state index contributed by atoms with van der Waals surface area (Å²) in [6.45, 7) is -0.340. The minimum absolute atomic E-state index is 0.107. The van der Waals surface area contributed by atoms with Crippen LogP contribution in [0, 0.1) is 27.4 Å². The number of carboxylic acid groups (broad SMARTS) is 1. The molecule has 2 rings (SSSR count). The smallest absolute Gasteiger partial charge is 0.304 e. The quantitative estimate of drug-likeness (QED) is 0.587. The Morgan fingerprint density at radius 1 is 1.56 bits per heavy atom. The average Bonchev–Trinajstić information content (AvgIpc) is 2.40. The summed E-state index contributed by atoms with van der Waals surface area (Å²) in [5.74, 6) is -0.971. The van der Waals surface area contributed by atoms with Crippen LogP contribution in [-0.2, 0) is 4.79 Å². The van der Waals surface area contributed by atoms with Crippen molar-refractivity contribution in [3.63, 3.8) is 0 Å². The van der Waals surface area contributed by atoms with Gasteiger partial charge in [0.25, 0.3) is 0 Å². The summed E-state index contributed by atoms with van der Waals surface area (Å²) in [4.78, 5) is 20.9. The monoisotopic (exact) mass is 231 g/mol. The zero-order valence-electron chi connectivity index (χ0n) is 8.76. The molecule has 90 valence electrons. The molecular formula is C10H14FNO4. The molecular weight excluding hydrogens is 217 g/mol. The van der Waals surface area contributed by atoms with Crippen LogP contribution in [0.3, 0.4) is 0 Å². The highest BCUT2D eigenvalue weighted by Crippen LogP contribution is 2.61. The number of fused-ring (bicyclic) bond motifs is 1. The van der Waals surface area contributed by atoms with Crippen molar-refractivity contribution in [1.29, 1.82) is 0 Å². The first-order chi connectivity index (χ1) is 7.43. The van der Waals surface area contributed by atoms with E-state index in [0.717, 1.165) is 0 Å². The van der Waals surface area contributed by atoms with Crippen LogP contribution in [0.2, 0.25) is 0 Å². The van der Waals surface area contributed by atoms with Crippen molar-refractivity contribution in [2.75, 3.05) is 6.54 Å². The van der Waals surface area contributed by atoms with Gasteiger partial charge in [0, 0.05) is 10.3 Å². The number of halogens is 1. The maximum absolute atomic E-state index is 13.2. The first kappa shape index (κ1) is 11.3. The summed E-state index contributed by atoms with van der Waals surface area (Å²) in [6, 6.07) is 0. The zero-order valence-corrected chi connectivity index (χ0v) is 8.76. The fourth-order valence-electron chi connectivity index (χ4n) is 3.54. The average molecular weight is 231 g/mol. The lowest BCUT2D eigenvalue weighted by Gasteiger charge is -2.49. The molecule has 2 aliphatic rings. The molecule has 0 radical (unpaired) electrons. The largest absolute Gasteiger partial charge is 0.481 e. The van der Waals surface area contributed by atoms with Crippen LogP contribution in [0.5, 0.6) is 0 Å². The van der Waals surface area contributed by atoms with E-state index in [1.165, 1.54) is 0 Å². The number of hydrogen-bond acceptors (Lipinski definition) is 3. The minimum atomic E-state index is -1.03. The molecule has 0 heterocycles. The Morgan fingerprint density at radius 3 is 2.75 bits per heavy atom. The third-order valence-corrected chi connectivity index (χ3v) is 4.04. The van der Waals surface area contributed by atoms with Crippen LogP contribution >= 0.6 is 0 Å². The Kier molecular flexibility index (Phi) is 2.59. The summed E-state index contributed by atoms with van der Waals surface area (Å²) in [5.41, 5.74) is -0.791. The predicted molar refractivity (Wildman–Crippen MR) is 52.3 cm³/mol. The summed E-state index contributed by atoms with van der Waals surface area (Å²) >= 11 is 0. The van der Waals surface area contributed by atoms with E-state index in [9.17, 15) is 19.3 Å². The van der Waals surface area contributed by atoms with E-state index in [-0.39, 0.29) is 24.8 Å². The molecule has 0 aromatic heterocycles. The SMILES string of the molecule is O=C(O)C[C@@]1(C[N+](=O)[O-])C[C@H]2C[C@H](F)C[C@H]21. The van der Waals surface area contributed by atoms with E-state index in [4.69, 9.17) is 5.11 Å². The first-order valence-corrected chi connectivity index (χ1v) is 5.40. The number of carbonyl (C=O) groups is 1. The molecule has 1 N–H and O–H groups in total. The van der Waals surface area contributed by atoms with Crippen LogP contribution in [0.4, 0.5) is 4.39 Å². The Balaban J connectivity index is 2.11. The van der Waals surface area contributed by atoms with Gasteiger partial charge in [0.1, 0.15) is 6.17 Å². The van der Waals surface area contributed by atoms with Gasteiger partial charge in [0.2, 0.25) is 6.54 Å². The van der Waals surface area contributed by atoms with Crippen LogP contribution in [0.25, 0.3) is 0 Å². The zero-order chi connectivity index (χ0) is 11.9. The van der Waals surface area contributed by atoms with Gasteiger partial charge in [-0.3, -0.25) is 14.9 Å². The second-order valence-electron chi connectivity index (χ2n) is 5.06.